The highest BCUT2D eigenvalue weighted by molar-refractivity contribution is 5.55. The van der Waals surface area contributed by atoms with Crippen molar-refractivity contribution in [3.8, 4) is 0 Å². The number of aliphatic hydroxyl groups excluding tert-OH is 1. The molecule has 2 rings (SSSR count). The summed E-state index contributed by atoms with van der Waals surface area (Å²) in [7, 11) is 0. The first-order valence-corrected chi connectivity index (χ1v) is 8.43. The standard InChI is InChI=1S/C18H30N2O/c1-3-18(15-21,19-4-2)12-8-14-20-13-7-10-16-9-5-6-11-17(16)20/h5-6,9,11,19,21H,3-4,7-8,10,12-15H2,1-2H3. The Morgan fingerprint density at radius 1 is 1.29 bits per heavy atom. The zero-order valence-corrected chi connectivity index (χ0v) is 13.6. The summed E-state index contributed by atoms with van der Waals surface area (Å²) in [4.78, 5) is 2.52. The number of fused-ring (bicyclic) bond motifs is 1. The fourth-order valence-electron chi connectivity index (χ4n) is 3.46. The molecule has 3 nitrogen and oxygen atoms in total. The summed E-state index contributed by atoms with van der Waals surface area (Å²) in [6.45, 7) is 7.67. The maximum absolute atomic E-state index is 9.73. The lowest BCUT2D eigenvalue weighted by Crippen LogP contribution is -2.48. The highest BCUT2D eigenvalue weighted by Gasteiger charge is 2.26. The first-order chi connectivity index (χ1) is 10.2. The molecule has 3 heteroatoms. The minimum Gasteiger partial charge on any atom is -0.394 e. The Morgan fingerprint density at radius 3 is 2.81 bits per heavy atom. The fraction of sp³-hybridized carbons (Fsp3) is 0.667. The van der Waals surface area contributed by atoms with Crippen LogP contribution < -0.4 is 10.2 Å². The number of likely N-dealkylation sites (N-methyl/N-ethyl adjacent to an activating group) is 1. The van der Waals surface area contributed by atoms with Crippen molar-refractivity contribution in [1.82, 2.24) is 5.32 Å². The fourth-order valence-corrected chi connectivity index (χ4v) is 3.46. The first-order valence-electron chi connectivity index (χ1n) is 8.43. The van der Waals surface area contributed by atoms with Crippen molar-refractivity contribution < 1.29 is 5.11 Å². The molecule has 0 aliphatic carbocycles. The van der Waals surface area contributed by atoms with E-state index in [-0.39, 0.29) is 12.1 Å². The summed E-state index contributed by atoms with van der Waals surface area (Å²) in [5.41, 5.74) is 2.81. The van der Waals surface area contributed by atoms with Gasteiger partial charge in [-0.05, 0) is 50.3 Å². The SMILES string of the molecule is CCNC(CC)(CO)CCCN1CCCc2ccccc21. The average molecular weight is 290 g/mol. The molecule has 1 heterocycles. The van der Waals surface area contributed by atoms with E-state index in [9.17, 15) is 5.11 Å². The number of anilines is 1. The third kappa shape index (κ3) is 3.98. The molecule has 0 aromatic heterocycles. The van der Waals surface area contributed by atoms with Gasteiger partial charge in [-0.25, -0.2) is 0 Å². The molecule has 0 spiro atoms. The van der Waals surface area contributed by atoms with Gasteiger partial charge in [-0.3, -0.25) is 0 Å². The maximum atomic E-state index is 9.73. The molecule has 1 aromatic rings. The summed E-state index contributed by atoms with van der Waals surface area (Å²) in [6.07, 6.45) is 5.60. The van der Waals surface area contributed by atoms with E-state index in [0.29, 0.717) is 0 Å². The second-order valence-corrected chi connectivity index (χ2v) is 6.15. The van der Waals surface area contributed by atoms with Gasteiger partial charge in [0.25, 0.3) is 0 Å². The maximum Gasteiger partial charge on any atom is 0.0613 e. The van der Waals surface area contributed by atoms with Crippen molar-refractivity contribution in [2.45, 2.75) is 51.5 Å². The number of nitrogens with one attached hydrogen (secondary N) is 1. The average Bonchev–Trinajstić information content (AvgIpc) is 2.54. The van der Waals surface area contributed by atoms with Crippen LogP contribution in [0.15, 0.2) is 24.3 Å². The minimum absolute atomic E-state index is 0.0932. The van der Waals surface area contributed by atoms with Crippen LogP contribution in [0.3, 0.4) is 0 Å². The van der Waals surface area contributed by atoms with Crippen LogP contribution in [0.2, 0.25) is 0 Å². The number of hydrogen-bond donors (Lipinski definition) is 2. The Labute approximate surface area is 129 Å². The molecular weight excluding hydrogens is 260 g/mol. The Balaban J connectivity index is 1.92. The van der Waals surface area contributed by atoms with Gasteiger partial charge in [-0.15, -0.1) is 0 Å². The van der Waals surface area contributed by atoms with Crippen LogP contribution in [0.25, 0.3) is 0 Å². The van der Waals surface area contributed by atoms with E-state index in [2.05, 4.69) is 48.3 Å². The number of benzene rings is 1. The van der Waals surface area contributed by atoms with Crippen LogP contribution in [-0.4, -0.2) is 36.9 Å². The van der Waals surface area contributed by atoms with Gasteiger partial charge >= 0.3 is 0 Å². The Kier molecular flexibility index (Phi) is 6.07. The smallest absolute Gasteiger partial charge is 0.0613 e. The van der Waals surface area contributed by atoms with Gasteiger partial charge in [0.15, 0.2) is 0 Å². The summed E-state index contributed by atoms with van der Waals surface area (Å²) >= 11 is 0. The van der Waals surface area contributed by atoms with E-state index < -0.39 is 0 Å². The molecule has 0 saturated heterocycles. The molecule has 0 radical (unpaired) electrons. The van der Waals surface area contributed by atoms with Gasteiger partial charge in [0.2, 0.25) is 0 Å². The van der Waals surface area contributed by atoms with E-state index in [0.717, 1.165) is 38.9 Å². The van der Waals surface area contributed by atoms with E-state index in [4.69, 9.17) is 0 Å². The summed E-state index contributed by atoms with van der Waals surface area (Å²) in [6, 6.07) is 8.78. The molecule has 1 aliphatic rings. The predicted octanol–water partition coefficient (Wildman–Crippen LogP) is 2.97. The lowest BCUT2D eigenvalue weighted by atomic mass is 9.90. The number of aliphatic hydroxyl groups is 1. The molecule has 0 bridgehead atoms. The first kappa shape index (κ1) is 16.3. The van der Waals surface area contributed by atoms with Gasteiger partial charge in [-0.2, -0.15) is 0 Å². The molecule has 21 heavy (non-hydrogen) atoms. The van der Waals surface area contributed by atoms with Crippen molar-refractivity contribution in [2.75, 3.05) is 31.1 Å². The van der Waals surface area contributed by atoms with E-state index in [1.807, 2.05) is 0 Å². The van der Waals surface area contributed by atoms with Crippen molar-refractivity contribution in [3.63, 3.8) is 0 Å². The second kappa shape index (κ2) is 7.81. The molecule has 0 amide bonds. The highest BCUT2D eigenvalue weighted by atomic mass is 16.3. The third-order valence-electron chi connectivity index (χ3n) is 4.82. The normalized spacial score (nSPS) is 17.4. The van der Waals surface area contributed by atoms with E-state index in [1.54, 1.807) is 0 Å². The van der Waals surface area contributed by atoms with Gasteiger partial charge < -0.3 is 15.3 Å². The monoisotopic (exact) mass is 290 g/mol. The largest absolute Gasteiger partial charge is 0.394 e. The molecule has 1 aromatic carbocycles. The quantitative estimate of drug-likeness (QED) is 0.772. The van der Waals surface area contributed by atoms with Gasteiger partial charge in [0.1, 0.15) is 0 Å². The van der Waals surface area contributed by atoms with Crippen LogP contribution in [0.5, 0.6) is 0 Å². The van der Waals surface area contributed by atoms with Crippen molar-refractivity contribution in [3.05, 3.63) is 29.8 Å². The predicted molar refractivity (Wildman–Crippen MR) is 90.0 cm³/mol. The molecule has 1 atom stereocenters. The van der Waals surface area contributed by atoms with Crippen LogP contribution in [0.1, 0.15) is 45.1 Å². The summed E-state index contributed by atoms with van der Waals surface area (Å²) < 4.78 is 0. The van der Waals surface area contributed by atoms with Crippen LogP contribution in [0, 0.1) is 0 Å². The third-order valence-corrected chi connectivity index (χ3v) is 4.82. The van der Waals surface area contributed by atoms with Gasteiger partial charge in [0, 0.05) is 24.3 Å². The topological polar surface area (TPSA) is 35.5 Å². The Morgan fingerprint density at radius 2 is 2.10 bits per heavy atom. The Bertz CT molecular complexity index is 429. The van der Waals surface area contributed by atoms with E-state index in [1.165, 1.54) is 24.1 Å². The molecule has 1 aliphatic heterocycles. The number of rotatable bonds is 8. The number of aryl methyl sites for hydroxylation is 1. The van der Waals surface area contributed by atoms with Crippen molar-refractivity contribution >= 4 is 5.69 Å². The lowest BCUT2D eigenvalue weighted by molar-refractivity contribution is 0.146. The minimum atomic E-state index is -0.0932. The number of para-hydroxylation sites is 1. The molecule has 2 N–H and O–H groups in total. The van der Waals surface area contributed by atoms with Crippen molar-refractivity contribution in [1.29, 1.82) is 0 Å². The molecule has 0 fully saturated rings. The molecule has 118 valence electrons. The van der Waals surface area contributed by atoms with Gasteiger partial charge in [-0.1, -0.05) is 32.0 Å². The summed E-state index contributed by atoms with van der Waals surface area (Å²) in [5.74, 6) is 0. The molecule has 1 unspecified atom stereocenters. The molecule has 0 saturated carbocycles. The van der Waals surface area contributed by atoms with Crippen LogP contribution in [-0.2, 0) is 6.42 Å². The van der Waals surface area contributed by atoms with Crippen molar-refractivity contribution in [2.24, 2.45) is 0 Å². The van der Waals surface area contributed by atoms with E-state index >= 15 is 0 Å². The lowest BCUT2D eigenvalue weighted by Gasteiger charge is -2.35. The van der Waals surface area contributed by atoms with Crippen LogP contribution >= 0.6 is 0 Å². The Hall–Kier alpha value is -1.06. The molecular formula is C18H30N2O. The zero-order valence-electron chi connectivity index (χ0n) is 13.6. The number of hydrogen-bond acceptors (Lipinski definition) is 3. The highest BCUT2D eigenvalue weighted by Crippen LogP contribution is 2.27. The van der Waals surface area contributed by atoms with Gasteiger partial charge in [0.05, 0.1) is 6.61 Å². The second-order valence-electron chi connectivity index (χ2n) is 6.15. The summed E-state index contributed by atoms with van der Waals surface area (Å²) in [5, 5.41) is 13.2. The number of nitrogens with zero attached hydrogens (tertiary/aromatic N) is 1. The van der Waals surface area contributed by atoms with Crippen LogP contribution in [0.4, 0.5) is 5.69 Å². The zero-order chi connectivity index (χ0) is 15.1.